The van der Waals surface area contributed by atoms with Crippen molar-refractivity contribution in [3.8, 4) is 5.75 Å². The summed E-state index contributed by atoms with van der Waals surface area (Å²) in [5, 5.41) is 1.82. The Hall–Kier alpha value is -2.41. The second-order valence-electron chi connectivity index (χ2n) is 6.27. The molecule has 7 heteroatoms. The van der Waals surface area contributed by atoms with E-state index in [4.69, 9.17) is 4.74 Å². The van der Waals surface area contributed by atoms with Crippen molar-refractivity contribution in [2.24, 2.45) is 0 Å². The van der Waals surface area contributed by atoms with Crippen molar-refractivity contribution >= 4 is 21.4 Å². The molecule has 0 aliphatic carbocycles. The highest BCUT2D eigenvalue weighted by Gasteiger charge is 2.35. The number of fused-ring (bicyclic) bond motifs is 1. The standard InChI is InChI=1S/C18H20N2O4S/c1-12(2)24-14-8-7-13(19-11-14)9-15-10-18(21)20-16-5-3-4-6-17(16)25(15,22)23/h3-8,11-12,15H,9-10H2,1-2H3,(H,20,21). The van der Waals surface area contributed by atoms with Crippen molar-refractivity contribution in [1.82, 2.24) is 4.98 Å². The number of carbonyl (C=O) groups is 1. The number of sulfone groups is 1. The molecule has 0 saturated carbocycles. The highest BCUT2D eigenvalue weighted by atomic mass is 32.2. The van der Waals surface area contributed by atoms with Crippen molar-refractivity contribution in [2.75, 3.05) is 5.32 Å². The van der Waals surface area contributed by atoms with Gasteiger partial charge in [0, 0.05) is 18.5 Å². The number of nitrogens with zero attached hydrogens (tertiary/aromatic N) is 1. The van der Waals surface area contributed by atoms with E-state index in [-0.39, 0.29) is 29.7 Å². The normalized spacial score (nSPS) is 19.0. The summed E-state index contributed by atoms with van der Waals surface area (Å²) in [6.45, 7) is 3.84. The lowest BCUT2D eigenvalue weighted by atomic mass is 10.1. The first-order chi connectivity index (χ1) is 11.9. The molecule has 1 aromatic carbocycles. The number of carbonyl (C=O) groups excluding carboxylic acids is 1. The molecule has 6 nitrogen and oxygen atoms in total. The summed E-state index contributed by atoms with van der Waals surface area (Å²) in [6, 6.07) is 9.98. The first-order valence-corrected chi connectivity index (χ1v) is 9.65. The van der Waals surface area contributed by atoms with Crippen molar-refractivity contribution in [3.63, 3.8) is 0 Å². The van der Waals surface area contributed by atoms with Crippen molar-refractivity contribution in [1.29, 1.82) is 0 Å². The van der Waals surface area contributed by atoms with Crippen molar-refractivity contribution in [2.45, 2.75) is 42.9 Å². The van der Waals surface area contributed by atoms with E-state index in [0.717, 1.165) is 0 Å². The molecule has 1 atom stereocenters. The lowest BCUT2D eigenvalue weighted by Crippen LogP contribution is -2.26. The molecule has 0 saturated heterocycles. The van der Waals surface area contributed by atoms with Crippen LogP contribution in [0.25, 0.3) is 0 Å². The second-order valence-corrected chi connectivity index (χ2v) is 8.47. The first kappa shape index (κ1) is 17.4. The molecule has 0 radical (unpaired) electrons. The van der Waals surface area contributed by atoms with Gasteiger partial charge >= 0.3 is 0 Å². The second kappa shape index (κ2) is 6.84. The number of pyridine rings is 1. The smallest absolute Gasteiger partial charge is 0.225 e. The predicted molar refractivity (Wildman–Crippen MR) is 94.4 cm³/mol. The molecular weight excluding hydrogens is 340 g/mol. The van der Waals surface area contributed by atoms with Crippen LogP contribution in [0.15, 0.2) is 47.5 Å². The van der Waals surface area contributed by atoms with Crippen LogP contribution in [0.5, 0.6) is 5.75 Å². The topological polar surface area (TPSA) is 85.4 Å². The minimum Gasteiger partial charge on any atom is -0.489 e. The average Bonchev–Trinajstić information content (AvgIpc) is 2.64. The summed E-state index contributed by atoms with van der Waals surface area (Å²) in [4.78, 5) is 16.5. The molecule has 1 aliphatic rings. The third-order valence-electron chi connectivity index (χ3n) is 3.93. The van der Waals surface area contributed by atoms with Crippen molar-refractivity contribution < 1.29 is 17.9 Å². The number of amides is 1. The Bertz CT molecular complexity index is 876. The monoisotopic (exact) mass is 360 g/mol. The number of hydrogen-bond acceptors (Lipinski definition) is 5. The number of ether oxygens (including phenoxy) is 1. The van der Waals surface area contributed by atoms with Gasteiger partial charge in [-0.15, -0.1) is 0 Å². The fourth-order valence-corrected chi connectivity index (χ4v) is 4.62. The molecular formula is C18H20N2O4S. The number of rotatable bonds is 4. The van der Waals surface area contributed by atoms with E-state index in [1.54, 1.807) is 36.5 Å². The Kier molecular flexibility index (Phi) is 4.76. The van der Waals surface area contributed by atoms with Gasteiger partial charge in [0.15, 0.2) is 9.84 Å². The van der Waals surface area contributed by atoms with Gasteiger partial charge in [-0.25, -0.2) is 8.42 Å². The number of benzene rings is 1. The average molecular weight is 360 g/mol. The Morgan fingerprint density at radius 1 is 1.24 bits per heavy atom. The largest absolute Gasteiger partial charge is 0.489 e. The molecule has 0 spiro atoms. The summed E-state index contributed by atoms with van der Waals surface area (Å²) >= 11 is 0. The van der Waals surface area contributed by atoms with E-state index >= 15 is 0 Å². The van der Waals surface area contributed by atoms with E-state index in [1.165, 1.54) is 6.07 Å². The van der Waals surface area contributed by atoms with Crippen LogP contribution >= 0.6 is 0 Å². The molecule has 0 fully saturated rings. The molecule has 1 aliphatic heterocycles. The van der Waals surface area contributed by atoms with Crippen molar-refractivity contribution in [3.05, 3.63) is 48.3 Å². The number of aromatic nitrogens is 1. The maximum atomic E-state index is 12.9. The molecule has 3 rings (SSSR count). The van der Waals surface area contributed by atoms with E-state index in [9.17, 15) is 13.2 Å². The summed E-state index contributed by atoms with van der Waals surface area (Å²) in [6.07, 6.45) is 1.69. The number of para-hydroxylation sites is 1. The Labute approximate surface area is 147 Å². The Morgan fingerprint density at radius 2 is 2.00 bits per heavy atom. The van der Waals surface area contributed by atoms with Crippen LogP contribution in [0.2, 0.25) is 0 Å². The zero-order chi connectivity index (χ0) is 18.0. The highest BCUT2D eigenvalue weighted by molar-refractivity contribution is 7.92. The summed E-state index contributed by atoms with van der Waals surface area (Å²) in [5.74, 6) is 0.323. The number of anilines is 1. The van der Waals surface area contributed by atoms with E-state index < -0.39 is 15.1 Å². The summed E-state index contributed by atoms with van der Waals surface area (Å²) in [7, 11) is -3.63. The van der Waals surface area contributed by atoms with Gasteiger partial charge < -0.3 is 10.1 Å². The van der Waals surface area contributed by atoms with Crippen LogP contribution in [0.4, 0.5) is 5.69 Å². The van der Waals surface area contributed by atoms with E-state index in [2.05, 4.69) is 10.3 Å². The lowest BCUT2D eigenvalue weighted by Gasteiger charge is -2.15. The predicted octanol–water partition coefficient (Wildman–Crippen LogP) is 2.60. The molecule has 2 heterocycles. The summed E-state index contributed by atoms with van der Waals surface area (Å²) in [5.41, 5.74) is 0.945. The van der Waals surface area contributed by atoms with Crippen LogP contribution in [0, 0.1) is 0 Å². The zero-order valence-corrected chi connectivity index (χ0v) is 14.9. The van der Waals surface area contributed by atoms with E-state index in [0.29, 0.717) is 17.1 Å². The molecule has 1 aromatic heterocycles. The van der Waals surface area contributed by atoms with Crippen LogP contribution in [0.3, 0.4) is 0 Å². The lowest BCUT2D eigenvalue weighted by molar-refractivity contribution is -0.116. The molecule has 25 heavy (non-hydrogen) atoms. The van der Waals surface area contributed by atoms with E-state index in [1.807, 2.05) is 13.8 Å². The zero-order valence-electron chi connectivity index (χ0n) is 14.1. The van der Waals surface area contributed by atoms with Gasteiger partial charge in [-0.2, -0.15) is 0 Å². The van der Waals surface area contributed by atoms with Crippen LogP contribution < -0.4 is 10.1 Å². The van der Waals surface area contributed by atoms with Gasteiger partial charge in [-0.1, -0.05) is 12.1 Å². The quantitative estimate of drug-likeness (QED) is 0.906. The fourth-order valence-electron chi connectivity index (χ4n) is 2.80. The molecule has 132 valence electrons. The first-order valence-electron chi connectivity index (χ1n) is 8.10. The van der Waals surface area contributed by atoms with Crippen LogP contribution in [-0.2, 0) is 21.1 Å². The SMILES string of the molecule is CC(C)Oc1ccc(CC2CC(=O)Nc3ccccc3S2(=O)=O)nc1. The molecule has 1 N–H and O–H groups in total. The fraction of sp³-hybridized carbons (Fsp3) is 0.333. The number of nitrogens with one attached hydrogen (secondary N) is 1. The van der Waals surface area contributed by atoms with Crippen LogP contribution in [-0.4, -0.2) is 30.7 Å². The maximum Gasteiger partial charge on any atom is 0.225 e. The van der Waals surface area contributed by atoms with Crippen LogP contribution in [0.1, 0.15) is 26.0 Å². The van der Waals surface area contributed by atoms with Gasteiger partial charge in [-0.05, 0) is 38.1 Å². The molecule has 1 unspecified atom stereocenters. The third-order valence-corrected chi connectivity index (χ3v) is 6.11. The van der Waals surface area contributed by atoms with Gasteiger partial charge in [-0.3, -0.25) is 9.78 Å². The van der Waals surface area contributed by atoms with Gasteiger partial charge in [0.2, 0.25) is 5.91 Å². The molecule has 0 bridgehead atoms. The van der Waals surface area contributed by atoms with Gasteiger partial charge in [0.05, 0.1) is 28.1 Å². The molecule has 2 aromatic rings. The van der Waals surface area contributed by atoms with Gasteiger partial charge in [0.1, 0.15) is 5.75 Å². The van der Waals surface area contributed by atoms with Gasteiger partial charge in [0.25, 0.3) is 0 Å². The third kappa shape index (κ3) is 3.82. The number of hydrogen-bond donors (Lipinski definition) is 1. The Balaban J connectivity index is 1.88. The highest BCUT2D eigenvalue weighted by Crippen LogP contribution is 2.31. The maximum absolute atomic E-state index is 12.9. The Morgan fingerprint density at radius 3 is 2.68 bits per heavy atom. The minimum atomic E-state index is -3.63. The molecule has 1 amide bonds. The summed E-state index contributed by atoms with van der Waals surface area (Å²) < 4.78 is 31.4. The minimum absolute atomic E-state index is 0.0371.